The van der Waals surface area contributed by atoms with E-state index in [4.69, 9.17) is 25.3 Å². The summed E-state index contributed by atoms with van der Waals surface area (Å²) in [6.45, 7) is 12.8. The van der Waals surface area contributed by atoms with Gasteiger partial charge < -0.3 is 25.3 Å². The van der Waals surface area contributed by atoms with Crippen molar-refractivity contribution < 1.29 is 0 Å². The van der Waals surface area contributed by atoms with Crippen LogP contribution < -0.4 is 0 Å². The summed E-state index contributed by atoms with van der Waals surface area (Å²) in [7, 11) is 0. The van der Waals surface area contributed by atoms with Crippen molar-refractivity contribution in [1.82, 2.24) is 0 Å². The molecule has 0 spiro atoms. The minimum atomic E-state index is 0.149. The predicted octanol–water partition coefficient (Wildman–Crippen LogP) is 7.55. The van der Waals surface area contributed by atoms with Crippen molar-refractivity contribution in [3.63, 3.8) is 0 Å². The van der Waals surface area contributed by atoms with Gasteiger partial charge in [0.1, 0.15) is 0 Å². The molecule has 0 nitrogen and oxygen atoms in total. The summed E-state index contributed by atoms with van der Waals surface area (Å²) in [4.78, 5) is 1.92. The van der Waals surface area contributed by atoms with Gasteiger partial charge in [-0.3, -0.25) is 0 Å². The molecule has 0 unspecified atom stereocenters. The zero-order chi connectivity index (χ0) is 20.7. The van der Waals surface area contributed by atoms with Gasteiger partial charge in [-0.25, -0.2) is 0 Å². The summed E-state index contributed by atoms with van der Waals surface area (Å²) >= 11 is 10.2. The number of aryl methyl sites for hydroxylation is 4. The Bertz CT molecular complexity index is 583. The predicted molar refractivity (Wildman–Crippen MR) is 128 cm³/mol. The summed E-state index contributed by atoms with van der Waals surface area (Å²) in [6.07, 6.45) is 5.84. The van der Waals surface area contributed by atoms with Crippen LogP contribution in [0.3, 0.4) is 0 Å². The minimum absolute atomic E-state index is 0.149. The second-order valence-corrected chi connectivity index (χ2v) is 12.2. The Morgan fingerprint density at radius 2 is 1.04 bits per heavy atom. The molecule has 0 atom stereocenters. The average Bonchev–Trinajstić information content (AvgIpc) is 2.63. The molecule has 0 radical (unpaired) electrons. The second-order valence-electron chi connectivity index (χ2n) is 7.00. The van der Waals surface area contributed by atoms with Crippen LogP contribution >= 0.6 is 0 Å². The summed E-state index contributed by atoms with van der Waals surface area (Å²) in [5, 5.41) is 0. The molecule has 3 heteroatoms. The molecular formula is C24H36S2Sn. The molecule has 2 rings (SSSR count). The summed E-state index contributed by atoms with van der Waals surface area (Å²) in [5.74, 6) is 0. The topological polar surface area (TPSA) is 0 Å². The van der Waals surface area contributed by atoms with Crippen LogP contribution in [0.1, 0.15) is 61.8 Å². The standard InChI is InChI=1S/2C8H10S.2C4H9.Sn/c2*1-6-3-4-8(9)7(2)5-6;2*1-3-4-2;/h2*3-5,9H,1-2H3;2*1,3-4H2,2H3;/q;;;;+2/p-2. The van der Waals surface area contributed by atoms with E-state index in [0.717, 1.165) is 9.79 Å². The fourth-order valence-electron chi connectivity index (χ4n) is 2.33. The number of hydrogen-bond acceptors (Lipinski definition) is 2. The molecule has 2 aromatic carbocycles. The van der Waals surface area contributed by atoms with E-state index in [9.17, 15) is 0 Å². The van der Waals surface area contributed by atoms with Gasteiger partial charge in [0.25, 0.3) is 0 Å². The van der Waals surface area contributed by atoms with Gasteiger partial charge in [-0.05, 0) is 27.7 Å². The Morgan fingerprint density at radius 1 is 0.667 bits per heavy atom. The molecule has 0 N–H and O–H groups in total. The van der Waals surface area contributed by atoms with Crippen molar-refractivity contribution in [2.45, 2.75) is 85.9 Å². The van der Waals surface area contributed by atoms with Crippen molar-refractivity contribution in [3.05, 3.63) is 58.7 Å². The third-order valence-corrected chi connectivity index (χ3v) is 9.03. The maximum Gasteiger partial charge on any atom is -0.0398 e. The quantitative estimate of drug-likeness (QED) is 0.225. The smallest absolute Gasteiger partial charge is 0.0398 e. The zero-order valence-corrected chi connectivity index (χ0v) is 22.5. The molecule has 0 saturated heterocycles. The molecule has 0 bridgehead atoms. The van der Waals surface area contributed by atoms with Crippen LogP contribution in [0.15, 0.2) is 46.2 Å². The van der Waals surface area contributed by atoms with Gasteiger partial charge >= 0.3 is 69.5 Å². The maximum atomic E-state index is 5.01. The summed E-state index contributed by atoms with van der Waals surface area (Å²) in [5.41, 5.74) is 4.96. The Hall–Kier alpha value is -0.321. The van der Waals surface area contributed by atoms with Crippen LogP contribution in [0.5, 0.6) is 0 Å². The average molecular weight is 507 g/mol. The Morgan fingerprint density at radius 3 is 1.30 bits per heavy atom. The molecule has 0 aromatic heterocycles. The molecule has 2 aromatic rings. The fraction of sp³-hybridized carbons (Fsp3) is 0.500. The Labute approximate surface area is 190 Å². The molecule has 0 aliphatic heterocycles. The number of benzene rings is 2. The first kappa shape index (κ1) is 26.7. The van der Waals surface area contributed by atoms with Gasteiger partial charge in [-0.1, -0.05) is 58.7 Å². The second kappa shape index (κ2) is 16.6. The van der Waals surface area contributed by atoms with Crippen LogP contribution in [0.25, 0.3) is 0 Å². The van der Waals surface area contributed by atoms with Crippen LogP contribution in [0.2, 0.25) is 8.87 Å². The van der Waals surface area contributed by atoms with Crippen molar-refractivity contribution >= 4 is 46.4 Å². The zero-order valence-electron chi connectivity index (χ0n) is 18.0. The minimum Gasteiger partial charge on any atom is -0.779 e. The van der Waals surface area contributed by atoms with Crippen molar-refractivity contribution in [2.24, 2.45) is 0 Å². The van der Waals surface area contributed by atoms with E-state index < -0.39 is 0 Å². The van der Waals surface area contributed by atoms with E-state index in [1.54, 1.807) is 8.87 Å². The first-order valence-electron chi connectivity index (χ1n) is 10.0. The Kier molecular flexibility index (Phi) is 16.4. The van der Waals surface area contributed by atoms with Gasteiger partial charge in [-0.2, -0.15) is 9.79 Å². The van der Waals surface area contributed by atoms with Crippen LogP contribution in [0, 0.1) is 27.7 Å². The van der Waals surface area contributed by atoms with Gasteiger partial charge in [0.15, 0.2) is 0 Å². The van der Waals surface area contributed by atoms with Gasteiger partial charge in [-0.15, -0.1) is 0 Å². The van der Waals surface area contributed by atoms with Crippen LogP contribution in [0.4, 0.5) is 0 Å². The first-order valence-corrected chi connectivity index (χ1v) is 14.9. The molecule has 148 valence electrons. The van der Waals surface area contributed by atoms with E-state index >= 15 is 0 Å². The molecule has 0 aliphatic carbocycles. The van der Waals surface area contributed by atoms with E-state index in [2.05, 4.69) is 39.8 Å². The van der Waals surface area contributed by atoms with Gasteiger partial charge in [0, 0.05) is 0 Å². The largest absolute Gasteiger partial charge is 0.779 e. The maximum absolute atomic E-state index is 5.01. The van der Waals surface area contributed by atoms with E-state index in [1.807, 2.05) is 38.1 Å². The van der Waals surface area contributed by atoms with Crippen LogP contribution in [-0.4, -0.2) is 21.1 Å². The SMILES string of the molecule is CCC[CH2][Sn+2][CH2]CCC.Cc1ccc([S-])c(C)c1.Cc1ccc([S-])c(C)c1. The first-order chi connectivity index (χ1) is 12.8. The number of hydrogen-bond donors (Lipinski definition) is 0. The molecular weight excluding hydrogens is 471 g/mol. The molecule has 27 heavy (non-hydrogen) atoms. The Balaban J connectivity index is 0.000000376. The molecule has 0 saturated carbocycles. The van der Waals surface area contributed by atoms with Gasteiger partial charge in [0.05, 0.1) is 0 Å². The summed E-state index contributed by atoms with van der Waals surface area (Å²) in [6, 6.07) is 12.2. The third-order valence-electron chi connectivity index (χ3n) is 4.08. The number of rotatable bonds is 6. The van der Waals surface area contributed by atoms with Crippen molar-refractivity contribution in [1.29, 1.82) is 0 Å². The van der Waals surface area contributed by atoms with Crippen molar-refractivity contribution in [2.75, 3.05) is 0 Å². The van der Waals surface area contributed by atoms with Crippen LogP contribution in [-0.2, 0) is 25.3 Å². The third kappa shape index (κ3) is 14.3. The molecule has 0 fully saturated rings. The number of unbranched alkanes of at least 4 members (excludes halogenated alkanes) is 2. The summed E-state index contributed by atoms with van der Waals surface area (Å²) < 4.78 is 3.25. The normalized spacial score (nSPS) is 9.41. The fourth-order valence-corrected chi connectivity index (χ4v) is 6.74. The van der Waals surface area contributed by atoms with Gasteiger partial charge in [0.2, 0.25) is 0 Å². The molecule has 0 aliphatic rings. The molecule has 0 heterocycles. The monoisotopic (exact) mass is 508 g/mol. The van der Waals surface area contributed by atoms with E-state index in [-0.39, 0.29) is 21.1 Å². The molecule has 0 amide bonds. The van der Waals surface area contributed by atoms with E-state index in [1.165, 1.54) is 47.9 Å². The van der Waals surface area contributed by atoms with Crippen molar-refractivity contribution in [3.8, 4) is 0 Å². The van der Waals surface area contributed by atoms with E-state index in [0.29, 0.717) is 0 Å².